The molecule has 0 amide bonds. The Balaban J connectivity index is 1.86. The first-order valence-electron chi connectivity index (χ1n) is 9.39. The van der Waals surface area contributed by atoms with Gasteiger partial charge in [0, 0.05) is 13.7 Å². The molecule has 2 heteroatoms. The molecule has 0 bridgehead atoms. The van der Waals surface area contributed by atoms with E-state index in [-0.39, 0.29) is 0 Å². The summed E-state index contributed by atoms with van der Waals surface area (Å²) in [4.78, 5) is 0. The molecule has 2 nitrogen and oxygen atoms in total. The Morgan fingerprint density at radius 1 is 0.952 bits per heavy atom. The van der Waals surface area contributed by atoms with Crippen LogP contribution in [-0.4, -0.2) is 25.9 Å². The standard InChI is InChI=1S/C19H36O2/c1-4-21-19(17-10-6-5-7-11-17)14-16-9-8-12-18(13-16)15(2)20-3/h15-19H,4-14H2,1-3H3/t15-,16?,18?,19-/m1/s1. The minimum atomic E-state index is 0.424. The van der Waals surface area contributed by atoms with Crippen LogP contribution in [0.4, 0.5) is 0 Å². The van der Waals surface area contributed by atoms with E-state index in [9.17, 15) is 0 Å². The van der Waals surface area contributed by atoms with Crippen LogP contribution in [-0.2, 0) is 9.47 Å². The predicted molar refractivity (Wildman–Crippen MR) is 88.5 cm³/mol. The molecule has 2 aliphatic rings. The van der Waals surface area contributed by atoms with E-state index >= 15 is 0 Å². The highest BCUT2D eigenvalue weighted by Gasteiger charge is 2.31. The molecule has 0 aliphatic heterocycles. The third-order valence-electron chi connectivity index (χ3n) is 5.98. The molecule has 2 unspecified atom stereocenters. The van der Waals surface area contributed by atoms with Crippen molar-refractivity contribution in [3.05, 3.63) is 0 Å². The lowest BCUT2D eigenvalue weighted by Crippen LogP contribution is -2.32. The molecule has 0 heterocycles. The van der Waals surface area contributed by atoms with Crippen LogP contribution in [0.1, 0.15) is 78.1 Å². The third-order valence-corrected chi connectivity index (χ3v) is 5.98. The molecule has 0 aromatic rings. The van der Waals surface area contributed by atoms with Crippen molar-refractivity contribution in [2.45, 2.75) is 90.3 Å². The first-order valence-corrected chi connectivity index (χ1v) is 9.39. The van der Waals surface area contributed by atoms with Crippen LogP contribution in [0.25, 0.3) is 0 Å². The molecule has 2 rings (SSSR count). The molecular formula is C19H36O2. The monoisotopic (exact) mass is 296 g/mol. The fourth-order valence-corrected chi connectivity index (χ4v) is 4.61. The zero-order chi connectivity index (χ0) is 15.1. The summed E-state index contributed by atoms with van der Waals surface area (Å²) in [5.74, 6) is 2.46. The quantitative estimate of drug-likeness (QED) is 0.642. The van der Waals surface area contributed by atoms with Gasteiger partial charge in [-0.25, -0.2) is 0 Å². The van der Waals surface area contributed by atoms with Gasteiger partial charge in [0.2, 0.25) is 0 Å². The topological polar surface area (TPSA) is 18.5 Å². The predicted octanol–water partition coefficient (Wildman–Crippen LogP) is 5.20. The molecule has 2 fully saturated rings. The van der Waals surface area contributed by atoms with Crippen molar-refractivity contribution < 1.29 is 9.47 Å². The Bertz CT molecular complexity index is 273. The van der Waals surface area contributed by atoms with Crippen molar-refractivity contribution in [3.63, 3.8) is 0 Å². The lowest BCUT2D eigenvalue weighted by molar-refractivity contribution is -0.0213. The van der Waals surface area contributed by atoms with E-state index in [4.69, 9.17) is 9.47 Å². The SMILES string of the molecule is CCO[C@H](CC1CCCC([C@@H](C)OC)C1)C1CCCCC1. The average molecular weight is 296 g/mol. The lowest BCUT2D eigenvalue weighted by atomic mass is 9.74. The molecule has 4 atom stereocenters. The second kappa shape index (κ2) is 9.15. The van der Waals surface area contributed by atoms with E-state index in [0.29, 0.717) is 12.2 Å². The van der Waals surface area contributed by atoms with Gasteiger partial charge in [-0.2, -0.15) is 0 Å². The Labute approximate surface area is 132 Å². The average Bonchev–Trinajstić information content (AvgIpc) is 2.55. The smallest absolute Gasteiger partial charge is 0.0605 e. The number of ether oxygens (including phenoxy) is 2. The van der Waals surface area contributed by atoms with E-state index in [2.05, 4.69) is 13.8 Å². The van der Waals surface area contributed by atoms with Gasteiger partial charge in [0.25, 0.3) is 0 Å². The maximum Gasteiger partial charge on any atom is 0.0605 e. The van der Waals surface area contributed by atoms with E-state index in [0.717, 1.165) is 24.4 Å². The summed E-state index contributed by atoms with van der Waals surface area (Å²) >= 11 is 0. The minimum Gasteiger partial charge on any atom is -0.381 e. The highest BCUT2D eigenvalue weighted by Crippen LogP contribution is 2.38. The molecule has 2 saturated carbocycles. The Morgan fingerprint density at radius 3 is 2.33 bits per heavy atom. The van der Waals surface area contributed by atoms with Gasteiger partial charge in [0.1, 0.15) is 0 Å². The van der Waals surface area contributed by atoms with Crippen molar-refractivity contribution in [1.82, 2.24) is 0 Å². The van der Waals surface area contributed by atoms with Crippen molar-refractivity contribution in [2.24, 2.45) is 17.8 Å². The molecule has 21 heavy (non-hydrogen) atoms. The van der Waals surface area contributed by atoms with Gasteiger partial charge in [-0.1, -0.05) is 32.1 Å². The van der Waals surface area contributed by atoms with Crippen LogP contribution < -0.4 is 0 Å². The third kappa shape index (κ3) is 5.25. The number of rotatable bonds is 7. The minimum absolute atomic E-state index is 0.424. The number of methoxy groups -OCH3 is 1. The summed E-state index contributed by atoms with van der Waals surface area (Å²) in [5, 5.41) is 0. The maximum absolute atomic E-state index is 6.17. The zero-order valence-electron chi connectivity index (χ0n) is 14.5. The summed E-state index contributed by atoms with van der Waals surface area (Å²) in [6, 6.07) is 0. The lowest BCUT2D eigenvalue weighted by Gasteiger charge is -2.37. The number of hydrogen-bond acceptors (Lipinski definition) is 2. The number of hydrogen-bond donors (Lipinski definition) is 0. The summed E-state index contributed by atoms with van der Waals surface area (Å²) in [6.07, 6.45) is 14.8. The Kier molecular flexibility index (Phi) is 7.53. The molecule has 0 aromatic heterocycles. The molecule has 0 aromatic carbocycles. The Hall–Kier alpha value is -0.0800. The highest BCUT2D eigenvalue weighted by molar-refractivity contribution is 4.82. The van der Waals surface area contributed by atoms with Crippen LogP contribution in [0, 0.1) is 17.8 Å². The molecule has 0 saturated heterocycles. The van der Waals surface area contributed by atoms with Crippen LogP contribution >= 0.6 is 0 Å². The van der Waals surface area contributed by atoms with E-state index in [1.165, 1.54) is 64.2 Å². The normalized spacial score (nSPS) is 31.0. The molecule has 0 N–H and O–H groups in total. The van der Waals surface area contributed by atoms with Gasteiger partial charge in [0.15, 0.2) is 0 Å². The van der Waals surface area contributed by atoms with Crippen molar-refractivity contribution in [1.29, 1.82) is 0 Å². The summed E-state index contributed by atoms with van der Waals surface area (Å²) in [6.45, 7) is 5.28. The summed E-state index contributed by atoms with van der Waals surface area (Å²) < 4.78 is 11.8. The first-order chi connectivity index (χ1) is 10.2. The van der Waals surface area contributed by atoms with Gasteiger partial charge in [0.05, 0.1) is 12.2 Å². The molecule has 0 spiro atoms. The van der Waals surface area contributed by atoms with Crippen molar-refractivity contribution in [3.8, 4) is 0 Å². The van der Waals surface area contributed by atoms with Crippen molar-refractivity contribution >= 4 is 0 Å². The fraction of sp³-hybridized carbons (Fsp3) is 1.00. The van der Waals surface area contributed by atoms with Gasteiger partial charge < -0.3 is 9.47 Å². The van der Waals surface area contributed by atoms with E-state index < -0.39 is 0 Å². The largest absolute Gasteiger partial charge is 0.381 e. The van der Waals surface area contributed by atoms with Crippen LogP contribution in [0.15, 0.2) is 0 Å². The van der Waals surface area contributed by atoms with Crippen LogP contribution in [0.3, 0.4) is 0 Å². The second-order valence-corrected chi connectivity index (χ2v) is 7.36. The summed E-state index contributed by atoms with van der Waals surface area (Å²) in [7, 11) is 1.86. The van der Waals surface area contributed by atoms with E-state index in [1.807, 2.05) is 7.11 Å². The first kappa shape index (κ1) is 17.3. The highest BCUT2D eigenvalue weighted by atomic mass is 16.5. The molecule has 2 aliphatic carbocycles. The van der Waals surface area contributed by atoms with E-state index in [1.54, 1.807) is 0 Å². The van der Waals surface area contributed by atoms with Gasteiger partial charge in [-0.3, -0.25) is 0 Å². The fourth-order valence-electron chi connectivity index (χ4n) is 4.61. The second-order valence-electron chi connectivity index (χ2n) is 7.36. The molecule has 124 valence electrons. The summed E-state index contributed by atoms with van der Waals surface area (Å²) in [5.41, 5.74) is 0. The van der Waals surface area contributed by atoms with Gasteiger partial charge in [-0.05, 0) is 63.7 Å². The van der Waals surface area contributed by atoms with Crippen LogP contribution in [0.2, 0.25) is 0 Å². The maximum atomic E-state index is 6.17. The van der Waals surface area contributed by atoms with Crippen molar-refractivity contribution in [2.75, 3.05) is 13.7 Å². The van der Waals surface area contributed by atoms with Gasteiger partial charge >= 0.3 is 0 Å². The van der Waals surface area contributed by atoms with Gasteiger partial charge in [-0.15, -0.1) is 0 Å². The molecular weight excluding hydrogens is 260 g/mol. The zero-order valence-corrected chi connectivity index (χ0v) is 14.5. The van der Waals surface area contributed by atoms with Crippen LogP contribution in [0.5, 0.6) is 0 Å². The molecule has 0 radical (unpaired) electrons. The Morgan fingerprint density at radius 2 is 1.67 bits per heavy atom.